The van der Waals surface area contributed by atoms with Crippen molar-refractivity contribution in [2.75, 3.05) is 0 Å². The summed E-state index contributed by atoms with van der Waals surface area (Å²) in [4.78, 5) is 0.146. The lowest BCUT2D eigenvalue weighted by atomic mass is 10.2. The topological polar surface area (TPSA) is 52.6 Å². The fourth-order valence-electron chi connectivity index (χ4n) is 2.06. The summed E-state index contributed by atoms with van der Waals surface area (Å²) in [6.45, 7) is 4.18. The van der Waals surface area contributed by atoms with Gasteiger partial charge in [-0.15, -0.1) is 0 Å². The predicted octanol–water partition coefficient (Wildman–Crippen LogP) is 4.04. The van der Waals surface area contributed by atoms with Crippen molar-refractivity contribution in [1.29, 1.82) is 0 Å². The molecule has 0 N–H and O–H groups in total. The van der Waals surface area contributed by atoms with E-state index in [-0.39, 0.29) is 4.90 Å². The first-order chi connectivity index (χ1) is 11.0. The van der Waals surface area contributed by atoms with Gasteiger partial charge in [0.05, 0.1) is 11.5 Å². The van der Waals surface area contributed by atoms with Crippen molar-refractivity contribution in [1.82, 2.24) is 0 Å². The molecule has 0 aliphatic rings. The van der Waals surface area contributed by atoms with Crippen LogP contribution in [0.15, 0.2) is 59.5 Å². The second kappa shape index (κ2) is 8.24. The zero-order chi connectivity index (χ0) is 16.7. The molecule has 0 saturated carbocycles. The van der Waals surface area contributed by atoms with Gasteiger partial charge in [-0.1, -0.05) is 61.4 Å². The fraction of sp³-hybridized carbons (Fsp3) is 0.333. The Labute approximate surface area is 138 Å². The highest BCUT2D eigenvalue weighted by Crippen LogP contribution is 2.18. The van der Waals surface area contributed by atoms with E-state index >= 15 is 0 Å². The average Bonchev–Trinajstić information content (AvgIpc) is 2.54. The van der Waals surface area contributed by atoms with E-state index in [1.54, 1.807) is 24.3 Å². The van der Waals surface area contributed by atoms with Gasteiger partial charge in [-0.2, -0.15) is 8.42 Å². The lowest BCUT2D eigenvalue weighted by Gasteiger charge is -2.18. The Morgan fingerprint density at radius 1 is 1.00 bits per heavy atom. The molecular formula is C18H22O4S. The third kappa shape index (κ3) is 5.46. The minimum atomic E-state index is -3.83. The standard InChI is InChI=1S/C18H22O4S/c1-3-7-18(21-14-16-8-5-4-6-9-16)22-23(19,20)17-12-10-15(2)11-13-17/h4-6,8-13,18H,3,7,14H2,1-2H3. The van der Waals surface area contributed by atoms with Gasteiger partial charge in [-0.05, 0) is 31.0 Å². The van der Waals surface area contributed by atoms with Crippen LogP contribution in [0.4, 0.5) is 0 Å². The quantitative estimate of drug-likeness (QED) is 0.540. The molecule has 0 aliphatic heterocycles. The third-order valence-corrected chi connectivity index (χ3v) is 4.66. The van der Waals surface area contributed by atoms with Gasteiger partial charge in [0.1, 0.15) is 0 Å². The fourth-order valence-corrected chi connectivity index (χ4v) is 3.08. The Hall–Kier alpha value is -1.69. The maximum Gasteiger partial charge on any atom is 0.299 e. The van der Waals surface area contributed by atoms with E-state index in [9.17, 15) is 8.42 Å². The van der Waals surface area contributed by atoms with E-state index in [0.29, 0.717) is 13.0 Å². The average molecular weight is 334 g/mol. The molecule has 5 heteroatoms. The van der Waals surface area contributed by atoms with Crippen molar-refractivity contribution in [3.63, 3.8) is 0 Å². The van der Waals surface area contributed by atoms with Crippen LogP contribution in [-0.2, 0) is 25.6 Å². The smallest absolute Gasteiger partial charge is 0.299 e. The normalized spacial score (nSPS) is 13.0. The number of hydrogen-bond acceptors (Lipinski definition) is 4. The van der Waals surface area contributed by atoms with Gasteiger partial charge in [0.2, 0.25) is 0 Å². The highest BCUT2D eigenvalue weighted by molar-refractivity contribution is 7.86. The molecule has 1 atom stereocenters. The molecule has 124 valence electrons. The van der Waals surface area contributed by atoms with Gasteiger partial charge in [0.25, 0.3) is 10.1 Å². The van der Waals surface area contributed by atoms with Crippen molar-refractivity contribution in [2.45, 2.75) is 44.5 Å². The Morgan fingerprint density at radius 3 is 2.26 bits per heavy atom. The van der Waals surface area contributed by atoms with E-state index in [0.717, 1.165) is 17.5 Å². The summed E-state index contributed by atoms with van der Waals surface area (Å²) in [6.07, 6.45) is 0.493. The number of benzene rings is 2. The maximum atomic E-state index is 12.3. The van der Waals surface area contributed by atoms with Crippen LogP contribution in [0.3, 0.4) is 0 Å². The van der Waals surface area contributed by atoms with E-state index in [1.165, 1.54) is 0 Å². The molecule has 23 heavy (non-hydrogen) atoms. The third-order valence-electron chi connectivity index (χ3n) is 3.35. The number of ether oxygens (including phenoxy) is 1. The molecule has 2 aromatic rings. The molecule has 0 aromatic heterocycles. The van der Waals surface area contributed by atoms with Crippen molar-refractivity contribution in [3.8, 4) is 0 Å². The van der Waals surface area contributed by atoms with Gasteiger partial charge in [0.15, 0.2) is 6.29 Å². The number of rotatable bonds is 8. The van der Waals surface area contributed by atoms with Crippen LogP contribution in [0, 0.1) is 6.92 Å². The van der Waals surface area contributed by atoms with Gasteiger partial charge < -0.3 is 4.74 Å². The van der Waals surface area contributed by atoms with Crippen LogP contribution in [0.25, 0.3) is 0 Å². The van der Waals surface area contributed by atoms with Crippen LogP contribution >= 0.6 is 0 Å². The molecule has 2 rings (SSSR count). The molecule has 0 heterocycles. The SMILES string of the molecule is CCCC(OCc1ccccc1)OS(=O)(=O)c1ccc(C)cc1. The second-order valence-electron chi connectivity index (χ2n) is 5.38. The van der Waals surface area contributed by atoms with Crippen LogP contribution in [0.5, 0.6) is 0 Å². The molecule has 0 saturated heterocycles. The van der Waals surface area contributed by atoms with Crippen LogP contribution in [0.2, 0.25) is 0 Å². The monoisotopic (exact) mass is 334 g/mol. The first-order valence-electron chi connectivity index (χ1n) is 7.67. The first-order valence-corrected chi connectivity index (χ1v) is 9.07. The van der Waals surface area contributed by atoms with Crippen molar-refractivity contribution in [3.05, 3.63) is 65.7 Å². The zero-order valence-electron chi connectivity index (χ0n) is 13.4. The summed E-state index contributed by atoms with van der Waals surface area (Å²) in [7, 11) is -3.83. The number of aryl methyl sites for hydroxylation is 1. The molecule has 0 amide bonds. The van der Waals surface area contributed by atoms with E-state index in [1.807, 2.05) is 44.2 Å². The van der Waals surface area contributed by atoms with Gasteiger partial charge in [-0.3, -0.25) is 0 Å². The summed E-state index contributed by atoms with van der Waals surface area (Å²) in [5.74, 6) is 0. The molecule has 0 bridgehead atoms. The zero-order valence-corrected chi connectivity index (χ0v) is 14.3. The predicted molar refractivity (Wildman–Crippen MR) is 89.4 cm³/mol. The number of hydrogen-bond donors (Lipinski definition) is 0. The largest absolute Gasteiger partial charge is 0.347 e. The Balaban J connectivity index is 2.04. The first kappa shape index (κ1) is 17.7. The van der Waals surface area contributed by atoms with Crippen LogP contribution in [0.1, 0.15) is 30.9 Å². The summed E-state index contributed by atoms with van der Waals surface area (Å²) >= 11 is 0. The molecule has 2 aromatic carbocycles. The lowest BCUT2D eigenvalue weighted by Crippen LogP contribution is -2.21. The van der Waals surface area contributed by atoms with E-state index in [4.69, 9.17) is 8.92 Å². The minimum absolute atomic E-state index is 0.146. The van der Waals surface area contributed by atoms with Crippen molar-refractivity contribution in [2.24, 2.45) is 0 Å². The van der Waals surface area contributed by atoms with Gasteiger partial charge in [0, 0.05) is 0 Å². The molecular weight excluding hydrogens is 312 g/mol. The molecule has 0 aliphatic carbocycles. The van der Waals surface area contributed by atoms with Gasteiger partial charge in [-0.25, -0.2) is 4.18 Å². The Bertz CT molecular complexity index is 694. The maximum absolute atomic E-state index is 12.3. The van der Waals surface area contributed by atoms with Crippen LogP contribution in [-0.4, -0.2) is 14.7 Å². The van der Waals surface area contributed by atoms with Crippen molar-refractivity contribution < 1.29 is 17.3 Å². The molecule has 4 nitrogen and oxygen atoms in total. The molecule has 0 spiro atoms. The van der Waals surface area contributed by atoms with Crippen molar-refractivity contribution >= 4 is 10.1 Å². The summed E-state index contributed by atoms with van der Waals surface area (Å²) < 4.78 is 35.6. The molecule has 1 unspecified atom stereocenters. The minimum Gasteiger partial charge on any atom is -0.347 e. The summed E-state index contributed by atoms with van der Waals surface area (Å²) in [5.41, 5.74) is 1.97. The highest BCUT2D eigenvalue weighted by atomic mass is 32.2. The van der Waals surface area contributed by atoms with Crippen LogP contribution < -0.4 is 0 Å². The lowest BCUT2D eigenvalue weighted by molar-refractivity contribution is -0.0899. The highest BCUT2D eigenvalue weighted by Gasteiger charge is 2.21. The Kier molecular flexibility index (Phi) is 6.33. The Morgan fingerprint density at radius 2 is 1.65 bits per heavy atom. The molecule has 0 radical (unpaired) electrons. The summed E-state index contributed by atoms with van der Waals surface area (Å²) in [5, 5.41) is 0. The van der Waals surface area contributed by atoms with Gasteiger partial charge >= 0.3 is 0 Å². The van der Waals surface area contributed by atoms with E-state index in [2.05, 4.69) is 0 Å². The van der Waals surface area contributed by atoms with E-state index < -0.39 is 16.4 Å². The summed E-state index contributed by atoms with van der Waals surface area (Å²) in [6, 6.07) is 16.2. The molecule has 0 fully saturated rings. The second-order valence-corrected chi connectivity index (χ2v) is 6.95.